The van der Waals surface area contributed by atoms with Crippen molar-refractivity contribution in [3.8, 4) is 0 Å². The number of non-ortho nitro benzene ring substituents is 1. The van der Waals surface area contributed by atoms with Gasteiger partial charge in [0.1, 0.15) is 9.22 Å². The minimum Gasteiger partial charge on any atom is -0.354 e. The molecule has 0 atom stereocenters. The molecule has 33 heavy (non-hydrogen) atoms. The number of amides is 1. The van der Waals surface area contributed by atoms with Gasteiger partial charge in [-0.2, -0.15) is 0 Å². The predicted molar refractivity (Wildman–Crippen MR) is 132 cm³/mol. The molecule has 1 fully saturated rings. The number of nitrogens with two attached hydrogens (primary N) is 1. The molecule has 2 N–H and O–H groups in total. The molecule has 1 aliphatic heterocycles. The van der Waals surface area contributed by atoms with Gasteiger partial charge >= 0.3 is 0 Å². The van der Waals surface area contributed by atoms with E-state index in [1.54, 1.807) is 17.0 Å². The summed E-state index contributed by atoms with van der Waals surface area (Å²) in [4.78, 5) is 26.4. The first-order valence-electron chi connectivity index (χ1n) is 9.43. The first-order chi connectivity index (χ1) is 15.5. The predicted octanol–water partition coefficient (Wildman–Crippen LogP) is 3.53. The number of halogens is 2. The van der Waals surface area contributed by atoms with E-state index in [2.05, 4.69) is 0 Å². The molecular weight excluding hydrogens is 531 g/mol. The van der Waals surface area contributed by atoms with E-state index in [1.807, 2.05) is 4.90 Å². The summed E-state index contributed by atoms with van der Waals surface area (Å²) in [6.45, 7) is 1.71. The van der Waals surface area contributed by atoms with Gasteiger partial charge in [0.05, 0.1) is 20.5 Å². The number of carbonyl (C=O) groups excluding carboxylic acids is 1. The average molecular weight is 549 g/mol. The lowest BCUT2D eigenvalue weighted by Gasteiger charge is -2.36. The van der Waals surface area contributed by atoms with Crippen LogP contribution in [0.25, 0.3) is 0 Å². The fraction of sp³-hybridized carbons (Fsp3) is 0.263. The number of thioether (sulfide) groups is 1. The molecule has 0 bridgehead atoms. The minimum absolute atomic E-state index is 0.00802. The van der Waals surface area contributed by atoms with Gasteiger partial charge in [0.2, 0.25) is 10.0 Å². The summed E-state index contributed by atoms with van der Waals surface area (Å²) in [6, 6.07) is 8.57. The van der Waals surface area contributed by atoms with E-state index < -0.39 is 20.9 Å². The third-order valence-corrected chi connectivity index (χ3v) is 8.18. The smallest absolute Gasteiger partial charge is 0.269 e. The average Bonchev–Trinajstić information content (AvgIpc) is 2.76. The Balaban J connectivity index is 1.58. The molecule has 0 aromatic heterocycles. The van der Waals surface area contributed by atoms with E-state index in [-0.39, 0.29) is 26.2 Å². The highest BCUT2D eigenvalue weighted by atomic mass is 35.5. The van der Waals surface area contributed by atoms with Crippen LogP contribution in [0.15, 0.2) is 41.3 Å². The third-order valence-electron chi connectivity index (χ3n) is 4.89. The Labute approximate surface area is 210 Å². The molecule has 0 saturated carbocycles. The maximum atomic E-state index is 12.9. The minimum atomic E-state index is -4.12. The molecule has 1 amide bonds. The third kappa shape index (κ3) is 6.34. The number of nitro groups is 1. The zero-order chi connectivity index (χ0) is 24.3. The number of sulfonamides is 1. The largest absolute Gasteiger partial charge is 0.354 e. The van der Waals surface area contributed by atoms with Gasteiger partial charge in [-0.05, 0) is 17.7 Å². The van der Waals surface area contributed by atoms with Gasteiger partial charge in [-0.25, -0.2) is 13.6 Å². The number of hydrogen-bond acceptors (Lipinski definition) is 7. The molecule has 14 heteroatoms. The molecule has 2 aromatic carbocycles. The SMILES string of the molecule is NS(=O)(=O)c1cc(C(=O)N2CCN(C(=S)SCc3ccc([N+](=O)[O-])cc3)CC2)c(Cl)cc1Cl. The highest BCUT2D eigenvalue weighted by Gasteiger charge is 2.27. The van der Waals surface area contributed by atoms with Crippen molar-refractivity contribution in [1.82, 2.24) is 9.80 Å². The lowest BCUT2D eigenvalue weighted by molar-refractivity contribution is -0.384. The Hall–Kier alpha value is -1.96. The molecule has 9 nitrogen and oxygen atoms in total. The van der Waals surface area contributed by atoms with Crippen LogP contribution in [-0.2, 0) is 15.8 Å². The van der Waals surface area contributed by atoms with Crippen molar-refractivity contribution in [2.45, 2.75) is 10.6 Å². The van der Waals surface area contributed by atoms with Crippen molar-refractivity contribution in [2.24, 2.45) is 5.14 Å². The summed E-state index contributed by atoms with van der Waals surface area (Å²) in [6.07, 6.45) is 0. The van der Waals surface area contributed by atoms with Gasteiger partial charge in [-0.1, -0.05) is 59.3 Å². The fourth-order valence-electron chi connectivity index (χ4n) is 3.12. The van der Waals surface area contributed by atoms with E-state index in [0.29, 0.717) is 36.3 Å². The summed E-state index contributed by atoms with van der Waals surface area (Å²) in [5, 5.41) is 15.8. The van der Waals surface area contributed by atoms with Crippen molar-refractivity contribution in [1.29, 1.82) is 0 Å². The zero-order valence-corrected chi connectivity index (χ0v) is 20.9. The number of nitro benzene ring substituents is 1. The van der Waals surface area contributed by atoms with Crippen molar-refractivity contribution in [3.05, 3.63) is 67.7 Å². The van der Waals surface area contributed by atoms with Crippen LogP contribution < -0.4 is 5.14 Å². The molecule has 2 aromatic rings. The highest BCUT2D eigenvalue weighted by molar-refractivity contribution is 8.22. The molecule has 1 heterocycles. The number of primary sulfonamides is 1. The van der Waals surface area contributed by atoms with Gasteiger partial charge < -0.3 is 9.80 Å². The lowest BCUT2D eigenvalue weighted by atomic mass is 10.2. The van der Waals surface area contributed by atoms with Crippen molar-refractivity contribution in [2.75, 3.05) is 26.2 Å². The van der Waals surface area contributed by atoms with E-state index in [4.69, 9.17) is 40.6 Å². The molecular formula is C19H18Cl2N4O5S3. The second-order valence-electron chi connectivity index (χ2n) is 7.06. The van der Waals surface area contributed by atoms with Crippen LogP contribution in [0.3, 0.4) is 0 Å². The van der Waals surface area contributed by atoms with E-state index >= 15 is 0 Å². The second-order valence-corrected chi connectivity index (χ2v) is 11.0. The maximum Gasteiger partial charge on any atom is 0.269 e. The van der Waals surface area contributed by atoms with Crippen molar-refractivity contribution < 1.29 is 18.1 Å². The number of thiocarbonyl (C=S) groups is 1. The topological polar surface area (TPSA) is 127 Å². The van der Waals surface area contributed by atoms with E-state index in [0.717, 1.165) is 11.6 Å². The quantitative estimate of drug-likeness (QED) is 0.341. The van der Waals surface area contributed by atoms with Crippen LogP contribution >= 0.6 is 47.2 Å². The fourth-order valence-corrected chi connectivity index (χ4v) is 5.73. The standard InChI is InChI=1S/C19H18Cl2N4O5S3/c20-15-10-16(21)17(33(22,29)30)9-14(15)18(26)23-5-7-24(8-6-23)19(31)32-11-12-1-3-13(4-2-12)25(27)28/h1-4,9-10H,5-8,11H2,(H2,22,29,30). The van der Waals surface area contributed by atoms with Gasteiger partial charge in [-0.15, -0.1) is 0 Å². The number of rotatable bonds is 5. The maximum absolute atomic E-state index is 12.9. The highest BCUT2D eigenvalue weighted by Crippen LogP contribution is 2.29. The first kappa shape index (κ1) is 25.7. The van der Waals surface area contributed by atoms with Crippen LogP contribution in [0.4, 0.5) is 5.69 Å². The Morgan fingerprint density at radius 2 is 1.67 bits per heavy atom. The number of piperazine rings is 1. The van der Waals surface area contributed by atoms with Gasteiger partial charge in [0.25, 0.3) is 11.6 Å². The molecule has 3 rings (SSSR count). The molecule has 0 spiro atoms. The van der Waals surface area contributed by atoms with Crippen LogP contribution in [-0.4, -0.2) is 59.5 Å². The van der Waals surface area contributed by atoms with Crippen molar-refractivity contribution >= 4 is 73.1 Å². The molecule has 176 valence electrons. The summed E-state index contributed by atoms with van der Waals surface area (Å²) in [7, 11) is -4.12. The van der Waals surface area contributed by atoms with Gasteiger partial charge in [-0.3, -0.25) is 14.9 Å². The summed E-state index contributed by atoms with van der Waals surface area (Å²) < 4.78 is 24.1. The number of hydrogen-bond donors (Lipinski definition) is 1. The van der Waals surface area contributed by atoms with E-state index in [1.165, 1.54) is 30.0 Å². The molecule has 1 aliphatic rings. The Morgan fingerprint density at radius 3 is 2.21 bits per heavy atom. The van der Waals surface area contributed by atoms with Gasteiger partial charge in [0.15, 0.2) is 0 Å². The Morgan fingerprint density at radius 1 is 1.09 bits per heavy atom. The number of benzene rings is 2. The Bertz CT molecular complexity index is 1200. The number of carbonyl (C=O) groups is 1. The Kier molecular flexibility index (Phi) is 8.19. The summed E-state index contributed by atoms with van der Waals surface area (Å²) >= 11 is 19.0. The second kappa shape index (κ2) is 10.5. The van der Waals surface area contributed by atoms with Crippen LogP contribution in [0.5, 0.6) is 0 Å². The van der Waals surface area contributed by atoms with Crippen molar-refractivity contribution in [3.63, 3.8) is 0 Å². The van der Waals surface area contributed by atoms with Gasteiger partial charge in [0, 0.05) is 44.1 Å². The lowest BCUT2D eigenvalue weighted by Crippen LogP contribution is -2.49. The normalized spacial score (nSPS) is 14.3. The molecule has 0 radical (unpaired) electrons. The summed E-state index contributed by atoms with van der Waals surface area (Å²) in [5.41, 5.74) is 0.947. The molecule has 0 aliphatic carbocycles. The summed E-state index contributed by atoms with van der Waals surface area (Å²) in [5.74, 6) is 0.137. The van der Waals surface area contributed by atoms with E-state index in [9.17, 15) is 23.3 Å². The van der Waals surface area contributed by atoms with Crippen LogP contribution in [0.2, 0.25) is 10.0 Å². The number of nitrogens with zero attached hydrogens (tertiary/aromatic N) is 3. The zero-order valence-electron chi connectivity index (χ0n) is 16.9. The monoisotopic (exact) mass is 548 g/mol. The molecule has 1 saturated heterocycles. The molecule has 0 unspecified atom stereocenters. The van der Waals surface area contributed by atoms with Crippen LogP contribution in [0.1, 0.15) is 15.9 Å². The first-order valence-corrected chi connectivity index (χ1v) is 13.1. The van der Waals surface area contributed by atoms with Crippen LogP contribution in [0, 0.1) is 10.1 Å².